The molecule has 1 aliphatic carbocycles. The van der Waals surface area contributed by atoms with Crippen LogP contribution in [-0.2, 0) is 6.18 Å². The summed E-state index contributed by atoms with van der Waals surface area (Å²) in [6, 6.07) is 11.5. The molecule has 1 aliphatic rings. The number of hydrogen-bond donors (Lipinski definition) is 1. The first-order valence-corrected chi connectivity index (χ1v) is 9.74. The SMILES string of the molecule is CC1(C)C(NC(=O)c2ccccc2)C(C)(C)C1Oc1ccc2nnc(C(F)(F)F)n2n1. The average Bonchev–Trinajstić information content (AvgIpc) is 3.14. The highest BCUT2D eigenvalue weighted by Crippen LogP contribution is 2.55. The van der Waals surface area contributed by atoms with E-state index in [1.54, 1.807) is 24.3 Å². The van der Waals surface area contributed by atoms with Gasteiger partial charge in [-0.2, -0.15) is 17.7 Å². The number of nitrogens with zero attached hydrogens (tertiary/aromatic N) is 4. The fourth-order valence-electron chi connectivity index (χ4n) is 4.74. The molecule has 1 saturated carbocycles. The number of nitrogens with one attached hydrogen (secondary N) is 1. The topological polar surface area (TPSA) is 81.4 Å². The Labute approximate surface area is 176 Å². The molecule has 1 aromatic carbocycles. The lowest BCUT2D eigenvalue weighted by Gasteiger charge is -2.62. The maximum Gasteiger partial charge on any atom is 0.453 e. The molecule has 1 amide bonds. The molecule has 1 fully saturated rings. The van der Waals surface area contributed by atoms with E-state index >= 15 is 0 Å². The largest absolute Gasteiger partial charge is 0.472 e. The number of aromatic nitrogens is 4. The molecule has 0 aliphatic heterocycles. The zero-order chi connectivity index (χ0) is 22.6. The van der Waals surface area contributed by atoms with Crippen LogP contribution in [0.3, 0.4) is 0 Å². The van der Waals surface area contributed by atoms with Gasteiger partial charge < -0.3 is 10.1 Å². The first-order chi connectivity index (χ1) is 14.4. The third-order valence-electron chi connectivity index (χ3n) is 5.88. The van der Waals surface area contributed by atoms with E-state index < -0.39 is 28.9 Å². The van der Waals surface area contributed by atoms with Crippen LogP contribution in [0, 0.1) is 10.8 Å². The molecule has 0 saturated heterocycles. The quantitative estimate of drug-likeness (QED) is 0.678. The molecule has 0 atom stereocenters. The summed E-state index contributed by atoms with van der Waals surface area (Å²) in [7, 11) is 0. The number of hydrogen-bond acceptors (Lipinski definition) is 5. The van der Waals surface area contributed by atoms with Crippen molar-refractivity contribution in [3.05, 3.63) is 53.9 Å². The van der Waals surface area contributed by atoms with Crippen LogP contribution in [0.5, 0.6) is 5.88 Å². The van der Waals surface area contributed by atoms with Crippen molar-refractivity contribution in [2.45, 2.75) is 46.0 Å². The number of halogens is 3. The minimum atomic E-state index is -4.69. The highest BCUT2D eigenvalue weighted by atomic mass is 19.4. The highest BCUT2D eigenvalue weighted by Gasteiger charge is 2.64. The van der Waals surface area contributed by atoms with Gasteiger partial charge in [0.05, 0.1) is 0 Å². The van der Waals surface area contributed by atoms with Crippen molar-refractivity contribution in [2.75, 3.05) is 0 Å². The Morgan fingerprint density at radius 1 is 1.03 bits per heavy atom. The molecule has 1 N–H and O–H groups in total. The van der Waals surface area contributed by atoms with Crippen molar-refractivity contribution in [2.24, 2.45) is 10.8 Å². The van der Waals surface area contributed by atoms with Crippen LogP contribution < -0.4 is 10.1 Å². The fraction of sp³-hybridized carbons (Fsp3) is 0.429. The lowest BCUT2D eigenvalue weighted by atomic mass is 9.49. The van der Waals surface area contributed by atoms with Gasteiger partial charge in [0.2, 0.25) is 5.88 Å². The zero-order valence-corrected chi connectivity index (χ0v) is 17.4. The van der Waals surface area contributed by atoms with Gasteiger partial charge in [0, 0.05) is 28.5 Å². The number of carbonyl (C=O) groups excluding carboxylic acids is 1. The van der Waals surface area contributed by atoms with E-state index in [1.807, 2.05) is 33.8 Å². The molecule has 0 radical (unpaired) electrons. The van der Waals surface area contributed by atoms with Crippen molar-refractivity contribution >= 4 is 11.6 Å². The smallest absolute Gasteiger partial charge is 0.453 e. The summed E-state index contributed by atoms with van der Waals surface area (Å²) in [6.07, 6.45) is -5.09. The molecule has 0 unspecified atom stereocenters. The van der Waals surface area contributed by atoms with Crippen molar-refractivity contribution in [1.82, 2.24) is 25.1 Å². The van der Waals surface area contributed by atoms with Crippen LogP contribution in [0.4, 0.5) is 13.2 Å². The van der Waals surface area contributed by atoms with Crippen LogP contribution >= 0.6 is 0 Å². The van der Waals surface area contributed by atoms with Crippen molar-refractivity contribution in [3.63, 3.8) is 0 Å². The number of amides is 1. The van der Waals surface area contributed by atoms with E-state index in [0.29, 0.717) is 10.1 Å². The minimum Gasteiger partial charge on any atom is -0.472 e. The molecule has 31 heavy (non-hydrogen) atoms. The van der Waals surface area contributed by atoms with Crippen LogP contribution in [0.15, 0.2) is 42.5 Å². The summed E-state index contributed by atoms with van der Waals surface area (Å²) in [5.41, 5.74) is -0.465. The number of benzene rings is 1. The molecular formula is C21H22F3N5O2. The van der Waals surface area contributed by atoms with E-state index in [9.17, 15) is 18.0 Å². The van der Waals surface area contributed by atoms with E-state index in [4.69, 9.17) is 4.74 Å². The Bertz CT molecular complexity index is 1110. The van der Waals surface area contributed by atoms with E-state index in [0.717, 1.165) is 0 Å². The zero-order valence-electron chi connectivity index (χ0n) is 17.4. The van der Waals surface area contributed by atoms with Gasteiger partial charge in [-0.3, -0.25) is 4.79 Å². The Balaban J connectivity index is 1.56. The third-order valence-corrected chi connectivity index (χ3v) is 5.88. The maximum atomic E-state index is 13.1. The van der Waals surface area contributed by atoms with Crippen molar-refractivity contribution in [3.8, 4) is 5.88 Å². The Hall–Kier alpha value is -3.17. The van der Waals surface area contributed by atoms with Gasteiger partial charge in [0.1, 0.15) is 6.10 Å². The number of fused-ring (bicyclic) bond motifs is 1. The summed E-state index contributed by atoms with van der Waals surface area (Å²) >= 11 is 0. The van der Waals surface area contributed by atoms with Crippen molar-refractivity contribution < 1.29 is 22.7 Å². The molecule has 3 aromatic rings. The van der Waals surface area contributed by atoms with Gasteiger partial charge in [-0.1, -0.05) is 45.9 Å². The summed E-state index contributed by atoms with van der Waals surface area (Å²) < 4.78 is 46.1. The maximum absolute atomic E-state index is 13.1. The summed E-state index contributed by atoms with van der Waals surface area (Å²) in [6.45, 7) is 7.77. The van der Waals surface area contributed by atoms with E-state index in [-0.39, 0.29) is 23.5 Å². The second kappa shape index (κ2) is 6.93. The van der Waals surface area contributed by atoms with Crippen LogP contribution in [0.25, 0.3) is 5.65 Å². The van der Waals surface area contributed by atoms with Crippen LogP contribution in [0.2, 0.25) is 0 Å². The molecule has 0 bridgehead atoms. The molecule has 164 valence electrons. The molecule has 7 nitrogen and oxygen atoms in total. The van der Waals surface area contributed by atoms with Gasteiger partial charge in [0.25, 0.3) is 11.7 Å². The number of alkyl halides is 3. The predicted molar refractivity (Wildman–Crippen MR) is 105 cm³/mol. The molecule has 10 heteroatoms. The predicted octanol–water partition coefficient (Wildman–Crippen LogP) is 3.76. The number of rotatable bonds is 4. The van der Waals surface area contributed by atoms with Crippen LogP contribution in [-0.4, -0.2) is 37.9 Å². The second-order valence-electron chi connectivity index (χ2n) is 8.88. The minimum absolute atomic E-state index is 0.0248. The first-order valence-electron chi connectivity index (χ1n) is 9.74. The van der Waals surface area contributed by atoms with Gasteiger partial charge in [-0.15, -0.1) is 15.3 Å². The first kappa shape index (κ1) is 21.1. The van der Waals surface area contributed by atoms with Gasteiger partial charge in [-0.25, -0.2) is 0 Å². The normalized spacial score (nSPS) is 22.0. The lowest BCUT2D eigenvalue weighted by molar-refractivity contribution is -0.166. The standard InChI is InChI=1S/C21H22F3N5O2/c1-19(2)16(25-15(30)12-8-6-5-7-9-12)20(3,4)17(19)31-14-11-10-13-26-27-18(21(22,23)24)29(13)28-14/h5-11,16-17H,1-4H3,(H,25,30). The van der Waals surface area contributed by atoms with Crippen molar-refractivity contribution in [1.29, 1.82) is 0 Å². The second-order valence-corrected chi connectivity index (χ2v) is 8.88. The Kier molecular flexibility index (Phi) is 4.71. The van der Waals surface area contributed by atoms with E-state index in [1.165, 1.54) is 12.1 Å². The van der Waals surface area contributed by atoms with Gasteiger partial charge >= 0.3 is 6.18 Å². The van der Waals surface area contributed by atoms with Gasteiger partial charge in [-0.05, 0) is 18.2 Å². The highest BCUT2D eigenvalue weighted by molar-refractivity contribution is 5.94. The summed E-state index contributed by atoms with van der Waals surface area (Å²) in [4.78, 5) is 12.6. The molecular weight excluding hydrogens is 411 g/mol. The van der Waals surface area contributed by atoms with Crippen LogP contribution in [0.1, 0.15) is 43.9 Å². The molecule has 2 heterocycles. The number of carbonyl (C=O) groups is 1. The molecule has 2 aromatic heterocycles. The monoisotopic (exact) mass is 433 g/mol. The third kappa shape index (κ3) is 3.49. The number of ether oxygens (including phenoxy) is 1. The molecule has 4 rings (SSSR count). The molecule has 0 spiro atoms. The summed E-state index contributed by atoms with van der Waals surface area (Å²) in [5.74, 6) is -1.38. The van der Waals surface area contributed by atoms with E-state index in [2.05, 4.69) is 20.6 Å². The lowest BCUT2D eigenvalue weighted by Crippen LogP contribution is -2.74. The van der Waals surface area contributed by atoms with Gasteiger partial charge in [0.15, 0.2) is 5.65 Å². The fourth-order valence-corrected chi connectivity index (χ4v) is 4.74. The Morgan fingerprint density at radius 2 is 1.68 bits per heavy atom. The Morgan fingerprint density at radius 3 is 2.29 bits per heavy atom. The summed E-state index contributed by atoms with van der Waals surface area (Å²) in [5, 5.41) is 13.7. The average molecular weight is 433 g/mol.